The zero-order valence-corrected chi connectivity index (χ0v) is 18.2. The van der Waals surface area contributed by atoms with Crippen LogP contribution in [-0.4, -0.2) is 38.1 Å². The molecule has 0 saturated heterocycles. The lowest BCUT2D eigenvalue weighted by Gasteiger charge is -2.31. The highest BCUT2D eigenvalue weighted by molar-refractivity contribution is 5.98. The molecule has 6 nitrogen and oxygen atoms in total. The van der Waals surface area contributed by atoms with Gasteiger partial charge in [-0.05, 0) is 62.0 Å². The first-order valence-electron chi connectivity index (χ1n) is 10.7. The van der Waals surface area contributed by atoms with Gasteiger partial charge in [-0.1, -0.05) is 20.3 Å². The van der Waals surface area contributed by atoms with Crippen LogP contribution >= 0.6 is 0 Å². The Hall–Kier alpha value is -2.24. The minimum absolute atomic E-state index is 0.0290. The maximum Gasteiger partial charge on any atom is 0.252 e. The number of amides is 2. The second-order valence-corrected chi connectivity index (χ2v) is 8.93. The first-order valence-corrected chi connectivity index (χ1v) is 10.7. The largest absolute Gasteiger partial charge is 0.497 e. The van der Waals surface area contributed by atoms with Crippen molar-refractivity contribution in [1.29, 1.82) is 0 Å². The Morgan fingerprint density at radius 3 is 2.10 bits per heavy atom. The van der Waals surface area contributed by atoms with Gasteiger partial charge in [0.1, 0.15) is 17.5 Å². The molecule has 2 saturated carbocycles. The van der Waals surface area contributed by atoms with Crippen LogP contribution < -0.4 is 20.1 Å². The van der Waals surface area contributed by atoms with E-state index in [1.165, 1.54) is 39.9 Å². The number of hydrogen-bond donors (Lipinski definition) is 2. The molecule has 2 aliphatic rings. The van der Waals surface area contributed by atoms with Crippen LogP contribution in [0.5, 0.6) is 11.5 Å². The summed E-state index contributed by atoms with van der Waals surface area (Å²) in [7, 11) is 3.08. The standard InChI is InChI=1S/C23H34N2O4/c1-13(2)21(23(27)24-14(3)20-9-15-6-7-16(20)8-15)25-22(26)17-10-18(28-4)12-19(11-17)29-5/h10-16,20-21H,6-9H2,1-5H3,(H,24,27)(H,25,26). The van der Waals surface area contributed by atoms with Crippen LogP contribution in [-0.2, 0) is 4.79 Å². The lowest BCUT2D eigenvalue weighted by Crippen LogP contribution is -2.53. The predicted molar refractivity (Wildman–Crippen MR) is 112 cm³/mol. The fraction of sp³-hybridized carbons (Fsp3) is 0.652. The molecule has 6 heteroatoms. The molecule has 3 rings (SSSR count). The monoisotopic (exact) mass is 402 g/mol. The van der Waals surface area contributed by atoms with Crippen LogP contribution in [0.2, 0.25) is 0 Å². The summed E-state index contributed by atoms with van der Waals surface area (Å²) in [6, 6.07) is 4.53. The molecular formula is C23H34N2O4. The number of rotatable bonds is 8. The normalized spacial score (nSPS) is 24.8. The molecule has 2 bridgehead atoms. The maximum absolute atomic E-state index is 13.0. The highest BCUT2D eigenvalue weighted by Gasteiger charge is 2.42. The van der Waals surface area contributed by atoms with Crippen molar-refractivity contribution in [3.05, 3.63) is 23.8 Å². The molecule has 2 aliphatic carbocycles. The number of fused-ring (bicyclic) bond motifs is 2. The Morgan fingerprint density at radius 1 is 0.966 bits per heavy atom. The summed E-state index contributed by atoms with van der Waals surface area (Å²) in [6.45, 7) is 5.99. The molecule has 1 aromatic carbocycles. The maximum atomic E-state index is 13.0. The fourth-order valence-corrected chi connectivity index (χ4v) is 5.03. The lowest BCUT2D eigenvalue weighted by molar-refractivity contribution is -0.125. The Labute approximate surface area is 173 Å². The molecule has 160 valence electrons. The minimum Gasteiger partial charge on any atom is -0.497 e. The molecule has 29 heavy (non-hydrogen) atoms. The molecule has 2 fully saturated rings. The number of nitrogens with one attached hydrogen (secondary N) is 2. The van der Waals surface area contributed by atoms with Crippen molar-refractivity contribution in [1.82, 2.24) is 10.6 Å². The van der Waals surface area contributed by atoms with E-state index in [0.717, 1.165) is 11.8 Å². The van der Waals surface area contributed by atoms with Crippen molar-refractivity contribution < 1.29 is 19.1 Å². The van der Waals surface area contributed by atoms with Gasteiger partial charge in [0.25, 0.3) is 5.91 Å². The molecule has 0 radical (unpaired) electrons. The molecule has 0 aliphatic heterocycles. The van der Waals surface area contributed by atoms with E-state index in [1.807, 2.05) is 13.8 Å². The van der Waals surface area contributed by atoms with Crippen molar-refractivity contribution in [3.8, 4) is 11.5 Å². The molecule has 5 unspecified atom stereocenters. The molecule has 0 aromatic heterocycles. The van der Waals surface area contributed by atoms with Crippen LogP contribution in [0.15, 0.2) is 18.2 Å². The van der Waals surface area contributed by atoms with E-state index in [9.17, 15) is 9.59 Å². The quantitative estimate of drug-likeness (QED) is 0.699. The van der Waals surface area contributed by atoms with Crippen molar-refractivity contribution in [2.75, 3.05) is 14.2 Å². The number of carbonyl (C=O) groups excluding carboxylic acids is 2. The summed E-state index contributed by atoms with van der Waals surface area (Å²) in [5, 5.41) is 6.09. The van der Waals surface area contributed by atoms with E-state index in [0.29, 0.717) is 23.0 Å². The van der Waals surface area contributed by atoms with Gasteiger partial charge in [0.15, 0.2) is 0 Å². The van der Waals surface area contributed by atoms with Gasteiger partial charge in [-0.25, -0.2) is 0 Å². The minimum atomic E-state index is -0.597. The van der Waals surface area contributed by atoms with Gasteiger partial charge in [-0.15, -0.1) is 0 Å². The first kappa shape index (κ1) is 21.5. The van der Waals surface area contributed by atoms with Crippen LogP contribution in [0.1, 0.15) is 56.8 Å². The van der Waals surface area contributed by atoms with E-state index in [-0.39, 0.29) is 23.8 Å². The third-order valence-electron chi connectivity index (χ3n) is 6.65. The van der Waals surface area contributed by atoms with Crippen molar-refractivity contribution in [2.24, 2.45) is 23.7 Å². The van der Waals surface area contributed by atoms with Gasteiger partial charge < -0.3 is 20.1 Å². The van der Waals surface area contributed by atoms with Crippen LogP contribution in [0, 0.1) is 23.7 Å². The molecule has 0 spiro atoms. The van der Waals surface area contributed by atoms with Crippen LogP contribution in [0.25, 0.3) is 0 Å². The molecule has 1 aromatic rings. The Kier molecular flexibility index (Phi) is 6.70. The molecule has 0 heterocycles. The van der Waals surface area contributed by atoms with E-state index in [1.54, 1.807) is 18.2 Å². The molecular weight excluding hydrogens is 368 g/mol. The average molecular weight is 403 g/mol. The summed E-state index contributed by atoms with van der Waals surface area (Å²) in [5.74, 6) is 2.75. The number of carbonyl (C=O) groups is 2. The first-order chi connectivity index (χ1) is 13.8. The average Bonchev–Trinajstić information content (AvgIpc) is 3.34. The number of benzene rings is 1. The number of methoxy groups -OCH3 is 2. The smallest absolute Gasteiger partial charge is 0.252 e. The lowest BCUT2D eigenvalue weighted by atomic mass is 9.84. The van der Waals surface area contributed by atoms with E-state index in [4.69, 9.17) is 9.47 Å². The Bertz CT molecular complexity index is 726. The third-order valence-corrected chi connectivity index (χ3v) is 6.65. The zero-order valence-electron chi connectivity index (χ0n) is 18.2. The Morgan fingerprint density at radius 2 is 1.62 bits per heavy atom. The van der Waals surface area contributed by atoms with Crippen molar-refractivity contribution in [3.63, 3.8) is 0 Å². The van der Waals surface area contributed by atoms with E-state index < -0.39 is 6.04 Å². The fourth-order valence-electron chi connectivity index (χ4n) is 5.03. The SMILES string of the molecule is COc1cc(OC)cc(C(=O)NC(C(=O)NC(C)C2CC3CCC2C3)C(C)C)c1. The van der Waals surface area contributed by atoms with Gasteiger partial charge in [-0.3, -0.25) is 9.59 Å². The number of ether oxygens (including phenoxy) is 2. The molecule has 5 atom stereocenters. The van der Waals surface area contributed by atoms with Gasteiger partial charge in [0, 0.05) is 17.7 Å². The molecule has 2 N–H and O–H groups in total. The highest BCUT2D eigenvalue weighted by Crippen LogP contribution is 2.49. The van der Waals surface area contributed by atoms with Crippen LogP contribution in [0.4, 0.5) is 0 Å². The topological polar surface area (TPSA) is 76.7 Å². The number of hydrogen-bond acceptors (Lipinski definition) is 4. The second-order valence-electron chi connectivity index (χ2n) is 8.93. The van der Waals surface area contributed by atoms with Crippen molar-refractivity contribution >= 4 is 11.8 Å². The van der Waals surface area contributed by atoms with Crippen LogP contribution in [0.3, 0.4) is 0 Å². The third kappa shape index (κ3) is 4.85. The summed E-state index contributed by atoms with van der Waals surface area (Å²) in [5.41, 5.74) is 0.404. The zero-order chi connectivity index (χ0) is 21.1. The van der Waals surface area contributed by atoms with Gasteiger partial charge in [0.2, 0.25) is 5.91 Å². The summed E-state index contributed by atoms with van der Waals surface area (Å²) < 4.78 is 10.5. The summed E-state index contributed by atoms with van der Waals surface area (Å²) >= 11 is 0. The van der Waals surface area contributed by atoms with E-state index >= 15 is 0 Å². The summed E-state index contributed by atoms with van der Waals surface area (Å²) in [4.78, 5) is 25.8. The van der Waals surface area contributed by atoms with Gasteiger partial charge >= 0.3 is 0 Å². The summed E-state index contributed by atoms with van der Waals surface area (Å²) in [6.07, 6.45) is 5.16. The predicted octanol–water partition coefficient (Wildman–Crippen LogP) is 3.40. The molecule has 2 amide bonds. The van der Waals surface area contributed by atoms with Crippen molar-refractivity contribution in [2.45, 2.75) is 58.5 Å². The Balaban J connectivity index is 1.66. The second kappa shape index (κ2) is 9.06. The van der Waals surface area contributed by atoms with E-state index in [2.05, 4.69) is 17.6 Å². The van der Waals surface area contributed by atoms with Gasteiger partial charge in [0.05, 0.1) is 14.2 Å². The highest BCUT2D eigenvalue weighted by atomic mass is 16.5. The van der Waals surface area contributed by atoms with Gasteiger partial charge in [-0.2, -0.15) is 0 Å².